The Morgan fingerprint density at radius 2 is 1.26 bits per heavy atom. The summed E-state index contributed by atoms with van der Waals surface area (Å²) in [5, 5.41) is 11.3. The summed E-state index contributed by atoms with van der Waals surface area (Å²) in [6.07, 6.45) is 32.0. The Kier molecular flexibility index (Phi) is 20.6. The van der Waals surface area contributed by atoms with E-state index in [0.29, 0.717) is 13.0 Å². The van der Waals surface area contributed by atoms with E-state index in [1.165, 1.54) is 0 Å². The van der Waals surface area contributed by atoms with Crippen LogP contribution in [0.5, 0.6) is 0 Å². The number of hydrogen-bond donors (Lipinski definition) is 2. The maximum Gasteiger partial charge on any atom is 0.220 e. The lowest BCUT2D eigenvalue weighted by atomic mass is 10.1. The van der Waals surface area contributed by atoms with Gasteiger partial charge in [-0.2, -0.15) is 0 Å². The van der Waals surface area contributed by atoms with Crippen LogP contribution in [-0.2, 0) is 4.79 Å². The molecule has 0 spiro atoms. The Morgan fingerprint density at radius 1 is 0.741 bits per heavy atom. The van der Waals surface area contributed by atoms with E-state index >= 15 is 0 Å². The van der Waals surface area contributed by atoms with Crippen LogP contribution in [0.15, 0.2) is 60.8 Å². The van der Waals surface area contributed by atoms with Crippen molar-refractivity contribution >= 4 is 5.91 Å². The van der Waals surface area contributed by atoms with Gasteiger partial charge in [-0.05, 0) is 51.4 Å². The van der Waals surface area contributed by atoms with Gasteiger partial charge >= 0.3 is 0 Å². The number of aliphatic hydroxyl groups excluding tert-OH is 1. The number of carbonyl (C=O) groups is 1. The third kappa shape index (κ3) is 22.1. The van der Waals surface area contributed by atoms with Gasteiger partial charge in [0, 0.05) is 13.0 Å². The summed E-state index contributed by atoms with van der Waals surface area (Å²) in [7, 11) is 0. The Labute approximate surface area is 166 Å². The van der Waals surface area contributed by atoms with Crippen LogP contribution in [0.2, 0.25) is 0 Å². The minimum atomic E-state index is 0.00973. The molecule has 0 aromatic heterocycles. The Hall–Kier alpha value is -1.87. The molecule has 0 aromatic carbocycles. The molecule has 0 aliphatic rings. The van der Waals surface area contributed by atoms with Crippen molar-refractivity contribution in [2.75, 3.05) is 13.2 Å². The van der Waals surface area contributed by atoms with Crippen LogP contribution in [0, 0.1) is 0 Å². The lowest BCUT2D eigenvalue weighted by molar-refractivity contribution is -0.121. The van der Waals surface area contributed by atoms with Crippen molar-refractivity contribution in [3.8, 4) is 0 Å². The summed E-state index contributed by atoms with van der Waals surface area (Å²) in [6, 6.07) is 0. The number of rotatable bonds is 17. The van der Waals surface area contributed by atoms with Gasteiger partial charge in [0.1, 0.15) is 0 Å². The summed E-state index contributed by atoms with van der Waals surface area (Å²) < 4.78 is 0. The van der Waals surface area contributed by atoms with Crippen molar-refractivity contribution < 1.29 is 9.90 Å². The highest BCUT2D eigenvalue weighted by Crippen LogP contribution is 2.04. The van der Waals surface area contributed by atoms with Gasteiger partial charge in [0.15, 0.2) is 0 Å². The molecule has 0 saturated carbocycles. The third-order valence-electron chi connectivity index (χ3n) is 3.87. The number of nitrogens with one attached hydrogen (secondary N) is 1. The second-order valence-corrected chi connectivity index (χ2v) is 6.38. The largest absolute Gasteiger partial charge is 0.395 e. The van der Waals surface area contributed by atoms with E-state index in [0.717, 1.165) is 57.8 Å². The van der Waals surface area contributed by atoms with E-state index in [1.807, 2.05) is 0 Å². The van der Waals surface area contributed by atoms with Crippen molar-refractivity contribution in [2.24, 2.45) is 0 Å². The molecule has 0 heterocycles. The summed E-state index contributed by atoms with van der Waals surface area (Å²) in [5.41, 5.74) is 0. The zero-order valence-corrected chi connectivity index (χ0v) is 17.1. The summed E-state index contributed by atoms with van der Waals surface area (Å²) in [5.74, 6) is 0.0407. The van der Waals surface area contributed by atoms with Crippen molar-refractivity contribution in [2.45, 2.75) is 71.1 Å². The first-order valence-electron chi connectivity index (χ1n) is 10.4. The fourth-order valence-electron chi connectivity index (χ4n) is 2.38. The van der Waals surface area contributed by atoms with E-state index in [-0.39, 0.29) is 12.5 Å². The molecule has 0 unspecified atom stereocenters. The number of allylic oxidation sites excluding steroid dienone is 10. The fourth-order valence-corrected chi connectivity index (χ4v) is 2.38. The van der Waals surface area contributed by atoms with E-state index in [4.69, 9.17) is 5.11 Å². The second-order valence-electron chi connectivity index (χ2n) is 6.38. The predicted octanol–water partition coefficient (Wildman–Crippen LogP) is 5.80. The van der Waals surface area contributed by atoms with Crippen LogP contribution in [-0.4, -0.2) is 24.2 Å². The molecule has 0 bridgehead atoms. The smallest absolute Gasteiger partial charge is 0.220 e. The third-order valence-corrected chi connectivity index (χ3v) is 3.87. The molecule has 0 atom stereocenters. The molecular formula is C24H39NO2. The number of amides is 1. The van der Waals surface area contributed by atoms with Gasteiger partial charge in [-0.25, -0.2) is 0 Å². The van der Waals surface area contributed by atoms with Gasteiger partial charge in [0.05, 0.1) is 6.61 Å². The summed E-state index contributed by atoms with van der Waals surface area (Å²) >= 11 is 0. The van der Waals surface area contributed by atoms with Crippen LogP contribution >= 0.6 is 0 Å². The monoisotopic (exact) mass is 373 g/mol. The van der Waals surface area contributed by atoms with Crippen LogP contribution in [0.1, 0.15) is 71.1 Å². The molecule has 0 aliphatic carbocycles. The second kappa shape index (κ2) is 22.2. The molecule has 3 heteroatoms. The number of hydrogen-bond acceptors (Lipinski definition) is 2. The van der Waals surface area contributed by atoms with E-state index in [1.54, 1.807) is 0 Å². The lowest BCUT2D eigenvalue weighted by Gasteiger charge is -2.02. The average Bonchev–Trinajstić information content (AvgIpc) is 2.68. The molecule has 0 aliphatic heterocycles. The number of carbonyl (C=O) groups excluding carboxylic acids is 1. The van der Waals surface area contributed by atoms with Crippen LogP contribution in [0.4, 0.5) is 0 Å². The minimum Gasteiger partial charge on any atom is -0.395 e. The molecule has 0 saturated heterocycles. The Morgan fingerprint density at radius 3 is 1.78 bits per heavy atom. The van der Waals surface area contributed by atoms with E-state index in [2.05, 4.69) is 73.0 Å². The predicted molar refractivity (Wildman–Crippen MR) is 118 cm³/mol. The number of aliphatic hydroxyl groups is 1. The van der Waals surface area contributed by atoms with Crippen molar-refractivity contribution in [3.05, 3.63) is 60.8 Å². The lowest BCUT2D eigenvalue weighted by Crippen LogP contribution is -2.25. The van der Waals surface area contributed by atoms with Crippen molar-refractivity contribution in [1.29, 1.82) is 0 Å². The van der Waals surface area contributed by atoms with Crippen molar-refractivity contribution in [3.63, 3.8) is 0 Å². The first kappa shape index (κ1) is 25.1. The fraction of sp³-hybridized carbons (Fsp3) is 0.542. The van der Waals surface area contributed by atoms with E-state index in [9.17, 15) is 4.79 Å². The summed E-state index contributed by atoms with van der Waals surface area (Å²) in [4.78, 5) is 11.3. The topological polar surface area (TPSA) is 49.3 Å². The maximum absolute atomic E-state index is 11.3. The molecule has 27 heavy (non-hydrogen) atoms. The zero-order chi connectivity index (χ0) is 19.8. The molecule has 0 rings (SSSR count). The van der Waals surface area contributed by atoms with Crippen LogP contribution in [0.3, 0.4) is 0 Å². The standard InChI is InChI=1S/C24H39NO2/c1-2-3-4-5-6-7-8-9-10-11-12-13-14-15-16-17-18-19-20-21-24(27)25-22-23-26/h3-4,6-7,9-10,12-13,15-16,26H,2,5,8,11,14,17-23H2,1H3,(H,25,27)/b4-3-,7-6-,10-9-,13-12-,16-15-. The highest BCUT2D eigenvalue weighted by Gasteiger charge is 1.98. The number of unbranched alkanes of at least 4 members (excludes halogenated alkanes) is 3. The van der Waals surface area contributed by atoms with Crippen LogP contribution in [0.25, 0.3) is 0 Å². The Bertz CT molecular complexity index is 473. The van der Waals surface area contributed by atoms with Gasteiger partial charge < -0.3 is 10.4 Å². The maximum atomic E-state index is 11.3. The molecule has 0 aromatic rings. The van der Waals surface area contributed by atoms with Gasteiger partial charge in [-0.15, -0.1) is 0 Å². The van der Waals surface area contributed by atoms with Gasteiger partial charge in [0.2, 0.25) is 5.91 Å². The highest BCUT2D eigenvalue weighted by molar-refractivity contribution is 5.75. The van der Waals surface area contributed by atoms with Gasteiger partial charge in [0.25, 0.3) is 0 Å². The van der Waals surface area contributed by atoms with Gasteiger partial charge in [-0.1, -0.05) is 74.1 Å². The highest BCUT2D eigenvalue weighted by atomic mass is 16.3. The zero-order valence-electron chi connectivity index (χ0n) is 17.1. The molecule has 152 valence electrons. The van der Waals surface area contributed by atoms with Crippen LogP contribution < -0.4 is 5.32 Å². The molecule has 2 N–H and O–H groups in total. The molecule has 1 amide bonds. The van der Waals surface area contributed by atoms with Crippen molar-refractivity contribution in [1.82, 2.24) is 5.32 Å². The SMILES string of the molecule is CC/C=C\C/C=C\C/C=C\C/C=C\C/C=C\CCCCCC(=O)NCCO. The van der Waals surface area contributed by atoms with E-state index < -0.39 is 0 Å². The molecule has 0 fully saturated rings. The van der Waals surface area contributed by atoms with Gasteiger partial charge in [-0.3, -0.25) is 4.79 Å². The Balaban J connectivity index is 3.44. The summed E-state index contributed by atoms with van der Waals surface area (Å²) in [6.45, 7) is 2.52. The first-order valence-corrected chi connectivity index (χ1v) is 10.4. The minimum absolute atomic E-state index is 0.00973. The molecule has 3 nitrogen and oxygen atoms in total. The quantitative estimate of drug-likeness (QED) is 0.250. The normalized spacial score (nSPS) is 12.5. The first-order chi connectivity index (χ1) is 13.3. The molecular weight excluding hydrogens is 334 g/mol. The molecule has 0 radical (unpaired) electrons. The average molecular weight is 374 g/mol.